The van der Waals surface area contributed by atoms with Crippen molar-refractivity contribution in [3.8, 4) is 11.5 Å². The van der Waals surface area contributed by atoms with E-state index in [0.29, 0.717) is 28.3 Å². The van der Waals surface area contributed by atoms with Crippen LogP contribution >= 0.6 is 0 Å². The summed E-state index contributed by atoms with van der Waals surface area (Å²) >= 11 is 0. The van der Waals surface area contributed by atoms with E-state index in [1.54, 1.807) is 48.5 Å². The molecule has 0 radical (unpaired) electrons. The first-order valence-corrected chi connectivity index (χ1v) is 10.1. The number of nitrogens with one attached hydrogen (secondary N) is 1. The normalized spacial score (nSPS) is 10.9. The zero-order chi connectivity index (χ0) is 20.0. The van der Waals surface area contributed by atoms with E-state index in [1.165, 1.54) is 19.2 Å². The minimum atomic E-state index is -3.69. The van der Waals surface area contributed by atoms with E-state index in [0.717, 1.165) is 0 Å². The fourth-order valence-electron chi connectivity index (χ4n) is 2.53. The van der Waals surface area contributed by atoms with Crippen molar-refractivity contribution < 1.29 is 22.7 Å². The maximum Gasteiger partial charge on any atom is 0.337 e. The number of carbonyl (C=O) groups is 1. The summed E-state index contributed by atoms with van der Waals surface area (Å²) in [5, 5.41) is 0. The number of ether oxygens (including phenoxy) is 2. The standard InChI is InChI=1S/C21H19NO5S/c1-26-21(23)17-13-11-16(12-14-17)15-28(24,25)22-19-9-5-6-10-20(19)27-18-7-3-2-4-8-18/h2-14,22H,15H2,1H3. The van der Waals surface area contributed by atoms with Gasteiger partial charge in [0, 0.05) is 0 Å². The molecule has 0 atom stereocenters. The summed E-state index contributed by atoms with van der Waals surface area (Å²) in [5.74, 6) is 0.291. The molecule has 0 aromatic heterocycles. The smallest absolute Gasteiger partial charge is 0.337 e. The van der Waals surface area contributed by atoms with Crippen LogP contribution in [0.5, 0.6) is 11.5 Å². The van der Waals surface area contributed by atoms with Crippen LogP contribution in [0.2, 0.25) is 0 Å². The molecule has 144 valence electrons. The molecule has 3 aromatic carbocycles. The number of anilines is 1. The summed E-state index contributed by atoms with van der Waals surface area (Å²) in [6.07, 6.45) is 0. The van der Waals surface area contributed by atoms with Gasteiger partial charge in [-0.2, -0.15) is 0 Å². The number of hydrogen-bond donors (Lipinski definition) is 1. The second kappa shape index (κ2) is 8.58. The first-order valence-electron chi connectivity index (χ1n) is 8.46. The van der Waals surface area contributed by atoms with Crippen molar-refractivity contribution in [3.05, 3.63) is 90.0 Å². The molecular formula is C21H19NO5S. The Labute approximate surface area is 163 Å². The fraction of sp³-hybridized carbons (Fsp3) is 0.0952. The predicted octanol–water partition coefficient (Wildman–Crippen LogP) is 4.21. The molecule has 7 heteroatoms. The van der Waals surface area contributed by atoms with Crippen molar-refractivity contribution >= 4 is 21.7 Å². The molecule has 1 N–H and O–H groups in total. The third-order valence-electron chi connectivity index (χ3n) is 3.86. The Morgan fingerprint density at radius 3 is 2.21 bits per heavy atom. The molecular weight excluding hydrogens is 378 g/mol. The van der Waals surface area contributed by atoms with Gasteiger partial charge in [0.25, 0.3) is 0 Å². The van der Waals surface area contributed by atoms with Crippen LogP contribution in [0.15, 0.2) is 78.9 Å². The molecule has 0 aliphatic heterocycles. The van der Waals surface area contributed by atoms with Gasteiger partial charge in [-0.15, -0.1) is 0 Å². The molecule has 0 saturated carbocycles. The number of sulfonamides is 1. The third-order valence-corrected chi connectivity index (χ3v) is 5.10. The van der Waals surface area contributed by atoms with Gasteiger partial charge in [0.1, 0.15) is 5.75 Å². The highest BCUT2D eigenvalue weighted by atomic mass is 32.2. The summed E-state index contributed by atoms with van der Waals surface area (Å²) < 4.78 is 38.2. The third kappa shape index (κ3) is 5.11. The maximum absolute atomic E-state index is 12.6. The van der Waals surface area contributed by atoms with Crippen LogP contribution < -0.4 is 9.46 Å². The average Bonchev–Trinajstić information content (AvgIpc) is 2.70. The second-order valence-corrected chi connectivity index (χ2v) is 7.68. The lowest BCUT2D eigenvalue weighted by molar-refractivity contribution is 0.0600. The zero-order valence-electron chi connectivity index (χ0n) is 15.2. The zero-order valence-corrected chi connectivity index (χ0v) is 16.0. The number of hydrogen-bond acceptors (Lipinski definition) is 5. The van der Waals surface area contributed by atoms with Gasteiger partial charge < -0.3 is 9.47 Å². The Kier molecular flexibility index (Phi) is 5.96. The van der Waals surface area contributed by atoms with Crippen LogP contribution in [-0.4, -0.2) is 21.5 Å². The minimum absolute atomic E-state index is 0.242. The van der Waals surface area contributed by atoms with Gasteiger partial charge >= 0.3 is 5.97 Å². The van der Waals surface area contributed by atoms with Crippen LogP contribution in [0.1, 0.15) is 15.9 Å². The number of esters is 1. The molecule has 0 saturated heterocycles. The van der Waals surface area contributed by atoms with Crippen molar-refractivity contribution in [3.63, 3.8) is 0 Å². The molecule has 6 nitrogen and oxygen atoms in total. The molecule has 0 aliphatic carbocycles. The topological polar surface area (TPSA) is 81.7 Å². The summed E-state index contributed by atoms with van der Waals surface area (Å²) in [6, 6.07) is 22.1. The molecule has 0 amide bonds. The van der Waals surface area contributed by atoms with Crippen LogP contribution in [0.25, 0.3) is 0 Å². The predicted molar refractivity (Wildman–Crippen MR) is 107 cm³/mol. The Balaban J connectivity index is 1.75. The van der Waals surface area contributed by atoms with E-state index in [1.807, 2.05) is 18.2 Å². The van der Waals surface area contributed by atoms with E-state index in [4.69, 9.17) is 4.74 Å². The number of para-hydroxylation sites is 3. The highest BCUT2D eigenvalue weighted by Gasteiger charge is 2.15. The van der Waals surface area contributed by atoms with Gasteiger partial charge in [0.2, 0.25) is 10.0 Å². The summed E-state index contributed by atoms with van der Waals surface area (Å²) in [4.78, 5) is 11.5. The Morgan fingerprint density at radius 2 is 1.54 bits per heavy atom. The van der Waals surface area contributed by atoms with E-state index in [-0.39, 0.29) is 5.75 Å². The molecule has 0 unspecified atom stereocenters. The monoisotopic (exact) mass is 397 g/mol. The summed E-state index contributed by atoms with van der Waals surface area (Å²) in [5.41, 5.74) is 1.25. The highest BCUT2D eigenvalue weighted by molar-refractivity contribution is 7.91. The summed E-state index contributed by atoms with van der Waals surface area (Å²) in [6.45, 7) is 0. The number of benzene rings is 3. The fourth-order valence-corrected chi connectivity index (χ4v) is 3.74. The van der Waals surface area contributed by atoms with Crippen LogP contribution in [0.3, 0.4) is 0 Å². The first-order chi connectivity index (χ1) is 13.5. The Morgan fingerprint density at radius 1 is 0.893 bits per heavy atom. The molecule has 0 spiro atoms. The van der Waals surface area contributed by atoms with E-state index in [9.17, 15) is 13.2 Å². The van der Waals surface area contributed by atoms with Gasteiger partial charge in [-0.3, -0.25) is 4.72 Å². The molecule has 0 bridgehead atoms. The quantitative estimate of drug-likeness (QED) is 0.604. The highest BCUT2D eigenvalue weighted by Crippen LogP contribution is 2.30. The number of rotatable bonds is 7. The van der Waals surface area contributed by atoms with E-state index >= 15 is 0 Å². The van der Waals surface area contributed by atoms with Gasteiger partial charge in [0.05, 0.1) is 24.1 Å². The summed E-state index contributed by atoms with van der Waals surface area (Å²) in [7, 11) is -2.40. The average molecular weight is 397 g/mol. The lowest BCUT2D eigenvalue weighted by Gasteiger charge is -2.13. The first kappa shape index (κ1) is 19.4. The number of methoxy groups -OCH3 is 1. The van der Waals surface area contributed by atoms with Gasteiger partial charge in [-0.1, -0.05) is 42.5 Å². The van der Waals surface area contributed by atoms with Crippen LogP contribution in [0, 0.1) is 0 Å². The van der Waals surface area contributed by atoms with Crippen molar-refractivity contribution in [1.82, 2.24) is 0 Å². The Hall–Kier alpha value is -3.32. The lowest BCUT2D eigenvalue weighted by Crippen LogP contribution is -2.15. The van der Waals surface area contributed by atoms with Crippen molar-refractivity contribution in [2.24, 2.45) is 0 Å². The minimum Gasteiger partial charge on any atom is -0.465 e. The van der Waals surface area contributed by atoms with Gasteiger partial charge in [0.15, 0.2) is 5.75 Å². The maximum atomic E-state index is 12.6. The molecule has 28 heavy (non-hydrogen) atoms. The van der Waals surface area contributed by atoms with E-state index in [2.05, 4.69) is 9.46 Å². The largest absolute Gasteiger partial charge is 0.465 e. The molecule has 0 aliphatic rings. The van der Waals surface area contributed by atoms with Gasteiger partial charge in [-0.25, -0.2) is 13.2 Å². The molecule has 3 rings (SSSR count). The van der Waals surface area contributed by atoms with Crippen LogP contribution in [-0.2, 0) is 20.5 Å². The van der Waals surface area contributed by atoms with Crippen molar-refractivity contribution in [2.45, 2.75) is 5.75 Å². The second-order valence-electron chi connectivity index (χ2n) is 5.96. The van der Waals surface area contributed by atoms with Crippen molar-refractivity contribution in [2.75, 3.05) is 11.8 Å². The SMILES string of the molecule is COC(=O)c1ccc(CS(=O)(=O)Nc2ccccc2Oc2ccccc2)cc1. The molecule has 0 fully saturated rings. The Bertz CT molecular complexity index is 1050. The lowest BCUT2D eigenvalue weighted by atomic mass is 10.1. The van der Waals surface area contributed by atoms with Crippen LogP contribution in [0.4, 0.5) is 5.69 Å². The number of carbonyl (C=O) groups excluding carboxylic acids is 1. The molecule has 3 aromatic rings. The van der Waals surface area contributed by atoms with E-state index < -0.39 is 16.0 Å². The van der Waals surface area contributed by atoms with Crippen molar-refractivity contribution in [1.29, 1.82) is 0 Å². The molecule has 0 heterocycles. The van der Waals surface area contributed by atoms with Gasteiger partial charge in [-0.05, 0) is 42.0 Å².